The van der Waals surface area contributed by atoms with Crippen molar-refractivity contribution in [1.29, 1.82) is 0 Å². The van der Waals surface area contributed by atoms with Crippen LogP contribution in [0.15, 0.2) is 12.2 Å². The topological polar surface area (TPSA) is 26.0 Å². The van der Waals surface area contributed by atoms with Crippen LogP contribution in [0.5, 0.6) is 0 Å². The van der Waals surface area contributed by atoms with Gasteiger partial charge in [-0.25, -0.2) is 0 Å². The molecule has 0 amide bonds. The molecule has 1 aliphatic carbocycles. The number of nitrogens with two attached hydrogens (primary N) is 1. The molecule has 0 aromatic rings. The minimum absolute atomic E-state index is 0.323. The largest absolute Gasteiger partial charge is 0.324 e. The van der Waals surface area contributed by atoms with Crippen molar-refractivity contribution in [3.63, 3.8) is 0 Å². The molecule has 1 rings (SSSR count). The van der Waals surface area contributed by atoms with Crippen molar-refractivity contribution in [3.8, 4) is 0 Å². The molecule has 0 radical (unpaired) electrons. The van der Waals surface area contributed by atoms with Gasteiger partial charge in [0, 0.05) is 6.04 Å². The molecule has 0 saturated heterocycles. The normalized spacial score (nSPS) is 37.8. The molecule has 2 N–H and O–H groups in total. The number of hydrogen-bond donors (Lipinski definition) is 1. The van der Waals surface area contributed by atoms with Crippen molar-refractivity contribution in [3.05, 3.63) is 12.2 Å². The average molecular weight is 111 g/mol. The Morgan fingerprint density at radius 2 is 2.38 bits per heavy atom. The Hall–Kier alpha value is -0.300. The van der Waals surface area contributed by atoms with Crippen LogP contribution in [0, 0.1) is 5.92 Å². The first kappa shape index (κ1) is 5.83. The van der Waals surface area contributed by atoms with E-state index in [2.05, 4.69) is 19.1 Å². The lowest BCUT2D eigenvalue weighted by atomic mass is 9.92. The zero-order valence-electron chi connectivity index (χ0n) is 5.30. The molecule has 46 valence electrons. The van der Waals surface area contributed by atoms with Gasteiger partial charge in [-0.2, -0.15) is 0 Å². The van der Waals surface area contributed by atoms with Crippen LogP contribution in [-0.4, -0.2) is 6.04 Å². The molecule has 8 heavy (non-hydrogen) atoms. The molecule has 1 nitrogen and oxygen atoms in total. The third-order valence-corrected chi connectivity index (χ3v) is 1.80. The second-order valence-corrected chi connectivity index (χ2v) is 2.56. The molecule has 0 heterocycles. The minimum atomic E-state index is 0.323. The minimum Gasteiger partial charge on any atom is -0.324 e. The zero-order valence-corrected chi connectivity index (χ0v) is 5.30. The van der Waals surface area contributed by atoms with Gasteiger partial charge < -0.3 is 5.73 Å². The van der Waals surface area contributed by atoms with E-state index in [4.69, 9.17) is 5.73 Å². The molecule has 0 aromatic heterocycles. The van der Waals surface area contributed by atoms with Gasteiger partial charge in [-0.1, -0.05) is 19.1 Å². The van der Waals surface area contributed by atoms with E-state index in [1.807, 2.05) is 0 Å². The lowest BCUT2D eigenvalue weighted by Crippen LogP contribution is -2.27. The van der Waals surface area contributed by atoms with Crippen LogP contribution < -0.4 is 5.73 Å². The first-order chi connectivity index (χ1) is 3.80. The van der Waals surface area contributed by atoms with Crippen molar-refractivity contribution >= 4 is 0 Å². The number of rotatable bonds is 0. The quantitative estimate of drug-likeness (QED) is 0.468. The van der Waals surface area contributed by atoms with Gasteiger partial charge in [0.25, 0.3) is 0 Å². The van der Waals surface area contributed by atoms with Crippen LogP contribution in [0.2, 0.25) is 0 Å². The predicted molar refractivity (Wildman–Crippen MR) is 35.5 cm³/mol. The van der Waals surface area contributed by atoms with Gasteiger partial charge in [0.2, 0.25) is 0 Å². The van der Waals surface area contributed by atoms with Crippen LogP contribution in [0.4, 0.5) is 0 Å². The second-order valence-electron chi connectivity index (χ2n) is 2.56. The predicted octanol–water partition coefficient (Wildman–Crippen LogP) is 1.30. The summed E-state index contributed by atoms with van der Waals surface area (Å²) in [6.07, 6.45) is 6.76. The van der Waals surface area contributed by atoms with Crippen LogP contribution in [0.25, 0.3) is 0 Å². The summed E-state index contributed by atoms with van der Waals surface area (Å²) < 4.78 is 0. The van der Waals surface area contributed by atoms with Crippen molar-refractivity contribution in [2.24, 2.45) is 11.7 Å². The number of allylic oxidation sites excluding steroid dienone is 1. The van der Waals surface area contributed by atoms with Gasteiger partial charge in [0.15, 0.2) is 0 Å². The highest BCUT2D eigenvalue weighted by Gasteiger charge is 2.11. The summed E-state index contributed by atoms with van der Waals surface area (Å²) in [6.45, 7) is 2.20. The van der Waals surface area contributed by atoms with E-state index in [0.717, 1.165) is 0 Å². The van der Waals surface area contributed by atoms with E-state index in [1.54, 1.807) is 0 Å². The van der Waals surface area contributed by atoms with Crippen molar-refractivity contribution in [2.75, 3.05) is 0 Å². The highest BCUT2D eigenvalue weighted by Crippen LogP contribution is 2.15. The van der Waals surface area contributed by atoms with Crippen molar-refractivity contribution in [1.82, 2.24) is 0 Å². The maximum absolute atomic E-state index is 5.69. The highest BCUT2D eigenvalue weighted by molar-refractivity contribution is 4.98. The van der Waals surface area contributed by atoms with E-state index < -0.39 is 0 Å². The molecule has 0 bridgehead atoms. The van der Waals surface area contributed by atoms with E-state index in [9.17, 15) is 0 Å². The van der Waals surface area contributed by atoms with Gasteiger partial charge >= 0.3 is 0 Å². The Labute approximate surface area is 50.6 Å². The monoisotopic (exact) mass is 111 g/mol. The van der Waals surface area contributed by atoms with E-state index in [0.29, 0.717) is 12.0 Å². The van der Waals surface area contributed by atoms with Crippen molar-refractivity contribution in [2.45, 2.75) is 25.8 Å². The molecule has 1 aliphatic rings. The fourth-order valence-corrected chi connectivity index (χ4v) is 0.995. The van der Waals surface area contributed by atoms with E-state index >= 15 is 0 Å². The molecule has 2 unspecified atom stereocenters. The lowest BCUT2D eigenvalue weighted by molar-refractivity contribution is 0.466. The Balaban J connectivity index is 2.47. The van der Waals surface area contributed by atoms with E-state index in [1.165, 1.54) is 12.8 Å². The van der Waals surface area contributed by atoms with Crippen LogP contribution in [0.1, 0.15) is 19.8 Å². The van der Waals surface area contributed by atoms with Crippen LogP contribution >= 0.6 is 0 Å². The summed E-state index contributed by atoms with van der Waals surface area (Å²) in [5.41, 5.74) is 5.69. The second kappa shape index (κ2) is 2.31. The zero-order chi connectivity index (χ0) is 5.98. The third-order valence-electron chi connectivity index (χ3n) is 1.80. The van der Waals surface area contributed by atoms with Crippen LogP contribution in [-0.2, 0) is 0 Å². The molecule has 0 fully saturated rings. The smallest absolute Gasteiger partial charge is 0.0249 e. The van der Waals surface area contributed by atoms with Gasteiger partial charge in [0.1, 0.15) is 0 Å². The van der Waals surface area contributed by atoms with Crippen LogP contribution in [0.3, 0.4) is 0 Å². The molecule has 0 aliphatic heterocycles. The molecule has 2 atom stereocenters. The van der Waals surface area contributed by atoms with Crippen molar-refractivity contribution < 1.29 is 0 Å². The maximum Gasteiger partial charge on any atom is 0.0249 e. The Bertz CT molecular complexity index is 96.6. The molecular weight excluding hydrogens is 98.1 g/mol. The summed E-state index contributed by atoms with van der Waals surface area (Å²) in [6, 6.07) is 0.323. The molecule has 1 heteroatoms. The summed E-state index contributed by atoms with van der Waals surface area (Å²) >= 11 is 0. The summed E-state index contributed by atoms with van der Waals surface area (Å²) in [5.74, 6) is 0.694. The van der Waals surface area contributed by atoms with E-state index in [-0.39, 0.29) is 0 Å². The fraction of sp³-hybridized carbons (Fsp3) is 0.714. The average Bonchev–Trinajstić information content (AvgIpc) is 1.77. The number of hydrogen-bond acceptors (Lipinski definition) is 1. The molecule has 0 saturated carbocycles. The van der Waals surface area contributed by atoms with Gasteiger partial charge in [-0.3, -0.25) is 0 Å². The third kappa shape index (κ3) is 1.10. The fourth-order valence-electron chi connectivity index (χ4n) is 0.995. The molecule has 0 spiro atoms. The molecular formula is C7H13N. The Morgan fingerprint density at radius 3 is 2.75 bits per heavy atom. The van der Waals surface area contributed by atoms with Gasteiger partial charge in [-0.15, -0.1) is 0 Å². The summed E-state index contributed by atoms with van der Waals surface area (Å²) in [5, 5.41) is 0. The maximum atomic E-state index is 5.69. The standard InChI is InChI=1S/C7H13N/c1-6-4-2-3-5-7(6)8/h3,5-7H,2,4,8H2,1H3. The lowest BCUT2D eigenvalue weighted by Gasteiger charge is -2.19. The van der Waals surface area contributed by atoms with Gasteiger partial charge in [-0.05, 0) is 18.8 Å². The Kier molecular flexibility index (Phi) is 1.69. The molecule has 0 aromatic carbocycles. The highest BCUT2D eigenvalue weighted by atomic mass is 14.6. The first-order valence-corrected chi connectivity index (χ1v) is 3.23. The summed E-state index contributed by atoms with van der Waals surface area (Å²) in [7, 11) is 0. The first-order valence-electron chi connectivity index (χ1n) is 3.23. The van der Waals surface area contributed by atoms with Gasteiger partial charge in [0.05, 0.1) is 0 Å². The summed E-state index contributed by atoms with van der Waals surface area (Å²) in [4.78, 5) is 0. The Morgan fingerprint density at radius 1 is 1.62 bits per heavy atom. The SMILES string of the molecule is CC1CCC=CC1N.